The molecule has 4 aromatic rings. The highest BCUT2D eigenvalue weighted by atomic mass is 32.1. The van der Waals surface area contributed by atoms with Crippen LogP contribution in [0.3, 0.4) is 0 Å². The molecule has 2 heterocycles. The monoisotopic (exact) mass is 668 g/mol. The number of anilines is 3. The first-order valence-corrected chi connectivity index (χ1v) is 15.1. The van der Waals surface area contributed by atoms with Crippen molar-refractivity contribution >= 4 is 54.4 Å². The summed E-state index contributed by atoms with van der Waals surface area (Å²) in [7, 11) is 3.93. The second kappa shape index (κ2) is 15.0. The lowest BCUT2D eigenvalue weighted by molar-refractivity contribution is -0.111. The maximum atomic E-state index is 13.7. The van der Waals surface area contributed by atoms with Gasteiger partial charge in [0.25, 0.3) is 11.8 Å². The minimum atomic E-state index is -0.714. The van der Waals surface area contributed by atoms with Crippen LogP contribution >= 0.6 is 13.5 Å². The standard InChI is InChI=1S/C35H38N8O4.H2S/c1-6-29(44)36-25-17-15-23(16-18-25)32(45)37-26-14-10-13-24(19-26)33(46)39-31-27-20-43(35(2,3)30(27)40-41-31)34(47)38-28(21-42(4)5)22-11-8-7-9-12-22;/h6-19,28H,1,20-21H2,2-5H3,(H,36,44)(H,37,45)(H,38,47)(H2,39,40,41,46);1H2/t28-;/m1./s1. The molecule has 0 bridgehead atoms. The van der Waals surface area contributed by atoms with Crippen molar-refractivity contribution in [3.05, 3.63) is 119 Å². The fourth-order valence-electron chi connectivity index (χ4n) is 5.48. The zero-order valence-corrected chi connectivity index (χ0v) is 28.3. The molecular formula is C35H40N8O4S. The first kappa shape index (κ1) is 35.5. The van der Waals surface area contributed by atoms with E-state index >= 15 is 0 Å². The number of carbonyl (C=O) groups excluding carboxylic acids is 4. The van der Waals surface area contributed by atoms with Gasteiger partial charge in [-0.1, -0.05) is 43.0 Å². The van der Waals surface area contributed by atoms with Gasteiger partial charge < -0.3 is 31.1 Å². The number of aromatic nitrogens is 2. The molecule has 0 radical (unpaired) electrons. The molecule has 0 unspecified atom stereocenters. The van der Waals surface area contributed by atoms with Gasteiger partial charge in [-0.2, -0.15) is 18.6 Å². The van der Waals surface area contributed by atoms with E-state index in [1.165, 1.54) is 0 Å². The molecule has 0 saturated heterocycles. The second-order valence-electron chi connectivity index (χ2n) is 12.0. The molecule has 1 aliphatic heterocycles. The van der Waals surface area contributed by atoms with Crippen molar-refractivity contribution in [1.82, 2.24) is 25.3 Å². The van der Waals surface area contributed by atoms with E-state index in [1.54, 1.807) is 53.4 Å². The third-order valence-corrected chi connectivity index (χ3v) is 7.98. The number of likely N-dealkylation sites (N-methyl/N-ethyl adjacent to an activating group) is 1. The highest BCUT2D eigenvalue weighted by molar-refractivity contribution is 7.59. The van der Waals surface area contributed by atoms with Gasteiger partial charge in [0.1, 0.15) is 0 Å². The van der Waals surface area contributed by atoms with Gasteiger partial charge in [-0.3, -0.25) is 19.5 Å². The van der Waals surface area contributed by atoms with Crippen LogP contribution in [-0.2, 0) is 16.9 Å². The quantitative estimate of drug-likeness (QED) is 0.146. The zero-order chi connectivity index (χ0) is 33.7. The van der Waals surface area contributed by atoms with Gasteiger partial charge in [0.2, 0.25) is 5.91 Å². The number of hydrogen-bond donors (Lipinski definition) is 5. The summed E-state index contributed by atoms with van der Waals surface area (Å²) in [5, 5.41) is 18.9. The molecule has 5 N–H and O–H groups in total. The van der Waals surface area contributed by atoms with Gasteiger partial charge in [0.05, 0.1) is 23.8 Å². The van der Waals surface area contributed by atoms with Crippen LogP contribution in [0.5, 0.6) is 0 Å². The summed E-state index contributed by atoms with van der Waals surface area (Å²) < 4.78 is 0. The number of nitrogens with one attached hydrogen (secondary N) is 5. The number of urea groups is 1. The predicted octanol–water partition coefficient (Wildman–Crippen LogP) is 5.21. The SMILES string of the molecule is C=CC(=O)Nc1ccc(C(=O)Nc2cccc(C(=O)Nc3n[nH]c4c3CN(C(=O)N[C@H](CN(C)C)c3ccccc3)C4(C)C)c2)cc1.S. The van der Waals surface area contributed by atoms with Gasteiger partial charge in [-0.15, -0.1) is 0 Å². The van der Waals surface area contributed by atoms with Crippen LogP contribution in [0, 0.1) is 0 Å². The molecule has 250 valence electrons. The van der Waals surface area contributed by atoms with E-state index in [0.29, 0.717) is 34.9 Å². The number of hydrogen-bond acceptors (Lipinski definition) is 6. The fourth-order valence-corrected chi connectivity index (χ4v) is 5.48. The van der Waals surface area contributed by atoms with Crippen molar-refractivity contribution < 1.29 is 19.2 Å². The van der Waals surface area contributed by atoms with Crippen molar-refractivity contribution in [3.63, 3.8) is 0 Å². The lowest BCUT2D eigenvalue weighted by Crippen LogP contribution is -2.48. The minimum Gasteiger partial charge on any atom is -0.330 e. The first-order valence-electron chi connectivity index (χ1n) is 15.1. The van der Waals surface area contributed by atoms with Crippen LogP contribution in [-0.4, -0.2) is 64.4 Å². The lowest BCUT2D eigenvalue weighted by atomic mass is 10.0. The van der Waals surface area contributed by atoms with Crippen molar-refractivity contribution in [2.75, 3.05) is 36.6 Å². The average Bonchev–Trinajstić information content (AvgIpc) is 3.58. The summed E-state index contributed by atoms with van der Waals surface area (Å²) in [5.41, 5.74) is 3.39. The maximum absolute atomic E-state index is 13.7. The molecular weight excluding hydrogens is 629 g/mol. The molecule has 3 aromatic carbocycles. The number of carbonyl (C=O) groups is 4. The van der Waals surface area contributed by atoms with E-state index in [2.05, 4.69) is 38.0 Å². The number of amides is 5. The predicted molar refractivity (Wildman–Crippen MR) is 191 cm³/mol. The van der Waals surface area contributed by atoms with Gasteiger partial charge in [-0.05, 0) is 82.0 Å². The number of H-pyrrole nitrogens is 1. The molecule has 0 saturated carbocycles. The summed E-state index contributed by atoms with van der Waals surface area (Å²) in [4.78, 5) is 55.1. The van der Waals surface area contributed by atoms with Crippen LogP contribution in [0.15, 0.2) is 91.5 Å². The Morgan fingerprint density at radius 2 is 1.60 bits per heavy atom. The van der Waals surface area contributed by atoms with Gasteiger partial charge in [-0.25, -0.2) is 4.79 Å². The van der Waals surface area contributed by atoms with E-state index in [9.17, 15) is 19.2 Å². The Morgan fingerprint density at radius 1 is 0.917 bits per heavy atom. The van der Waals surface area contributed by atoms with Crippen molar-refractivity contribution in [2.45, 2.75) is 32.0 Å². The highest BCUT2D eigenvalue weighted by Crippen LogP contribution is 2.40. The molecule has 1 aliphatic rings. The van der Waals surface area contributed by atoms with E-state index in [0.717, 1.165) is 22.9 Å². The van der Waals surface area contributed by atoms with E-state index in [-0.39, 0.29) is 43.9 Å². The molecule has 5 rings (SSSR count). The van der Waals surface area contributed by atoms with E-state index in [1.807, 2.05) is 63.2 Å². The Balaban J connectivity index is 0.00000520. The summed E-state index contributed by atoms with van der Waals surface area (Å²) in [6, 6.07) is 22.3. The molecule has 1 aromatic heterocycles. The second-order valence-corrected chi connectivity index (χ2v) is 12.0. The number of benzene rings is 3. The normalized spacial score (nSPS) is 13.5. The molecule has 12 nitrogen and oxygen atoms in total. The first-order chi connectivity index (χ1) is 22.5. The number of fused-ring (bicyclic) bond motifs is 1. The zero-order valence-electron chi connectivity index (χ0n) is 27.3. The molecule has 0 fully saturated rings. The fraction of sp³-hybridized carbons (Fsp3) is 0.229. The van der Waals surface area contributed by atoms with Gasteiger partial charge >= 0.3 is 6.03 Å². The topological polar surface area (TPSA) is 152 Å². The number of nitrogens with zero attached hydrogens (tertiary/aromatic N) is 3. The van der Waals surface area contributed by atoms with Crippen LogP contribution in [0.1, 0.15) is 57.4 Å². The molecule has 0 aliphatic carbocycles. The van der Waals surface area contributed by atoms with Crippen LogP contribution in [0.25, 0.3) is 0 Å². The lowest BCUT2D eigenvalue weighted by Gasteiger charge is -2.34. The summed E-state index contributed by atoms with van der Waals surface area (Å²) in [6.45, 7) is 8.15. The largest absolute Gasteiger partial charge is 0.330 e. The summed E-state index contributed by atoms with van der Waals surface area (Å²) in [6.07, 6.45) is 1.16. The number of aromatic amines is 1. The minimum absolute atomic E-state index is 0. The molecule has 5 amide bonds. The van der Waals surface area contributed by atoms with E-state index in [4.69, 9.17) is 0 Å². The Hall–Kier alpha value is -5.40. The van der Waals surface area contributed by atoms with Crippen LogP contribution in [0.4, 0.5) is 22.0 Å². The Bertz CT molecular complexity index is 1800. The van der Waals surface area contributed by atoms with Crippen LogP contribution < -0.4 is 21.3 Å². The molecule has 1 atom stereocenters. The molecule has 13 heteroatoms. The Labute approximate surface area is 286 Å². The van der Waals surface area contributed by atoms with E-state index < -0.39 is 11.4 Å². The van der Waals surface area contributed by atoms with Gasteiger partial charge in [0.15, 0.2) is 5.82 Å². The molecule has 0 spiro atoms. The van der Waals surface area contributed by atoms with Crippen molar-refractivity contribution in [1.29, 1.82) is 0 Å². The number of rotatable bonds is 10. The Kier molecular flexibility index (Phi) is 11.1. The highest BCUT2D eigenvalue weighted by Gasteiger charge is 2.44. The smallest absolute Gasteiger partial charge is 0.319 e. The van der Waals surface area contributed by atoms with Crippen molar-refractivity contribution in [2.24, 2.45) is 0 Å². The third kappa shape index (κ3) is 7.93. The van der Waals surface area contributed by atoms with Gasteiger partial charge in [0, 0.05) is 34.6 Å². The summed E-state index contributed by atoms with van der Waals surface area (Å²) in [5.74, 6) is -0.820. The molecule has 48 heavy (non-hydrogen) atoms. The average molecular weight is 669 g/mol. The Morgan fingerprint density at radius 3 is 2.27 bits per heavy atom. The van der Waals surface area contributed by atoms with Crippen LogP contribution in [0.2, 0.25) is 0 Å². The summed E-state index contributed by atoms with van der Waals surface area (Å²) >= 11 is 0. The maximum Gasteiger partial charge on any atom is 0.319 e. The van der Waals surface area contributed by atoms with Crippen molar-refractivity contribution in [3.8, 4) is 0 Å². The third-order valence-electron chi connectivity index (χ3n) is 7.98.